The molecule has 3 heterocycles. The minimum Gasteiger partial charge on any atom is -0.381 e. The monoisotopic (exact) mass is 703 g/mol. The number of morpholine rings is 1. The SMILES string of the molecule is CC(C)C.CC1CC1.CC1CCC1.CC1CCCC1.CC1COC1.CCC.CCCC.CN(C)C.CN1CCNCC1.CN1CCOCC1. The lowest BCUT2D eigenvalue weighted by atomic mass is 9.88. The Morgan fingerprint density at radius 3 is 0.980 bits per heavy atom. The molecule has 3 saturated carbocycles. The number of likely N-dealkylation sites (N-methyl/N-ethyl adjacent to an activating group) is 2. The molecular weight excluding hydrogens is 604 g/mol. The van der Waals surface area contributed by atoms with Crippen LogP contribution in [0, 0.1) is 29.6 Å². The van der Waals surface area contributed by atoms with E-state index in [1.807, 2.05) is 26.0 Å². The quantitative estimate of drug-likeness (QED) is 0.293. The van der Waals surface area contributed by atoms with Gasteiger partial charge >= 0.3 is 0 Å². The minimum absolute atomic E-state index is 0.833. The Hall–Kier alpha value is -0.240. The van der Waals surface area contributed by atoms with Crippen LogP contribution in [0.5, 0.6) is 0 Å². The Labute approximate surface area is 312 Å². The van der Waals surface area contributed by atoms with Crippen LogP contribution in [0.4, 0.5) is 0 Å². The highest BCUT2D eigenvalue weighted by Gasteiger charge is 2.12. The van der Waals surface area contributed by atoms with Crippen molar-refractivity contribution in [3.63, 3.8) is 0 Å². The van der Waals surface area contributed by atoms with Gasteiger partial charge in [-0.1, -0.05) is 153 Å². The molecule has 0 amide bonds. The molecule has 0 unspecified atom stereocenters. The predicted molar refractivity (Wildman–Crippen MR) is 224 cm³/mol. The largest absolute Gasteiger partial charge is 0.381 e. The Balaban J connectivity index is -0.000000232. The van der Waals surface area contributed by atoms with E-state index < -0.39 is 0 Å². The predicted octanol–water partition coefficient (Wildman–Crippen LogP) is 10.6. The molecule has 6 aliphatic rings. The van der Waals surface area contributed by atoms with Crippen LogP contribution < -0.4 is 5.32 Å². The third-order valence-electron chi connectivity index (χ3n) is 7.78. The smallest absolute Gasteiger partial charge is 0.0594 e. The number of unbranched alkanes of at least 4 members (excludes halogenated alkanes) is 1. The fourth-order valence-electron chi connectivity index (χ4n) is 3.69. The Bertz CT molecular complexity index is 507. The number of ether oxygens (including phenoxy) is 2. The van der Waals surface area contributed by atoms with E-state index in [9.17, 15) is 0 Å². The van der Waals surface area contributed by atoms with Gasteiger partial charge in [0.25, 0.3) is 0 Å². The fraction of sp³-hybridized carbons (Fsp3) is 1.00. The minimum atomic E-state index is 0.833. The van der Waals surface area contributed by atoms with Crippen molar-refractivity contribution in [2.75, 3.05) is 101 Å². The molecule has 6 heteroatoms. The van der Waals surface area contributed by atoms with Gasteiger partial charge in [0.1, 0.15) is 0 Å². The van der Waals surface area contributed by atoms with Crippen LogP contribution in [0.2, 0.25) is 0 Å². The highest BCUT2D eigenvalue weighted by Crippen LogP contribution is 2.26. The lowest BCUT2D eigenvalue weighted by Gasteiger charge is -2.21. The van der Waals surface area contributed by atoms with Gasteiger partial charge in [0.15, 0.2) is 0 Å². The van der Waals surface area contributed by atoms with Crippen LogP contribution >= 0.6 is 0 Å². The summed E-state index contributed by atoms with van der Waals surface area (Å²) in [7, 11) is 10.3. The van der Waals surface area contributed by atoms with Crippen molar-refractivity contribution < 1.29 is 9.47 Å². The summed E-state index contributed by atoms with van der Waals surface area (Å²) in [4.78, 5) is 6.60. The van der Waals surface area contributed by atoms with Crippen molar-refractivity contribution in [3.8, 4) is 0 Å². The summed E-state index contributed by atoms with van der Waals surface area (Å²) in [6.07, 6.45) is 17.3. The molecule has 1 N–H and O–H groups in total. The van der Waals surface area contributed by atoms with E-state index in [1.54, 1.807) is 0 Å². The first-order chi connectivity index (χ1) is 23.2. The van der Waals surface area contributed by atoms with Gasteiger partial charge in [0.05, 0.1) is 26.4 Å². The number of hydrogen-bond acceptors (Lipinski definition) is 6. The van der Waals surface area contributed by atoms with Gasteiger partial charge in [-0.05, 0) is 58.9 Å². The zero-order valence-electron chi connectivity index (χ0n) is 37.1. The van der Waals surface area contributed by atoms with Gasteiger partial charge in [0, 0.05) is 45.2 Å². The number of piperazine rings is 1. The van der Waals surface area contributed by atoms with E-state index in [2.05, 4.69) is 105 Å². The zero-order chi connectivity index (χ0) is 38.3. The molecule has 302 valence electrons. The van der Waals surface area contributed by atoms with Crippen LogP contribution in [0.15, 0.2) is 0 Å². The molecule has 0 radical (unpaired) electrons. The lowest BCUT2D eigenvalue weighted by Crippen LogP contribution is -2.40. The Morgan fingerprint density at radius 1 is 0.571 bits per heavy atom. The average Bonchev–Trinajstić information content (AvgIpc) is 3.66. The van der Waals surface area contributed by atoms with Crippen LogP contribution in [-0.4, -0.2) is 116 Å². The van der Waals surface area contributed by atoms with Crippen molar-refractivity contribution in [1.29, 1.82) is 0 Å². The van der Waals surface area contributed by atoms with Crippen molar-refractivity contribution in [3.05, 3.63) is 0 Å². The molecule has 6 fully saturated rings. The lowest BCUT2D eigenvalue weighted by molar-refractivity contribution is -0.0221. The maximum atomic E-state index is 5.10. The topological polar surface area (TPSA) is 40.2 Å². The first-order valence-electron chi connectivity index (χ1n) is 21.0. The van der Waals surface area contributed by atoms with Crippen LogP contribution in [0.1, 0.15) is 153 Å². The van der Waals surface area contributed by atoms with E-state index in [4.69, 9.17) is 9.47 Å². The second-order valence-corrected chi connectivity index (χ2v) is 16.5. The summed E-state index contributed by atoms with van der Waals surface area (Å²) < 4.78 is 9.93. The Kier molecular flexibility index (Phi) is 49.8. The average molecular weight is 703 g/mol. The summed E-state index contributed by atoms with van der Waals surface area (Å²) >= 11 is 0. The van der Waals surface area contributed by atoms with Crippen LogP contribution in [0.25, 0.3) is 0 Å². The summed E-state index contributed by atoms with van der Waals surface area (Å²) in [6, 6.07) is 0. The first-order valence-corrected chi connectivity index (χ1v) is 21.0. The second kappa shape index (κ2) is 43.9. The standard InChI is InChI=1S/C6H12.C5H12N2.C5H11NO.C5H10.C4H8O.C4H8.2C4H10.C3H9N.C3H8/c1-6-4-2-3-5-6;1-7-4-2-6-3-5-7;1-6-2-4-7-5-3-6;1-5-3-2-4-5;1-4-2-5-3-4;1-4-2-3-4;1-4(2)3;1-3-4-2;1-4(2)3;1-3-2/h6H,2-5H2,1H3;6H,2-5H2,1H3;2-5H2,1H3;5H,2-4H2,1H3;4H,2-3H2,1H3;4H,2-3H2,1H3;4H,1-3H3;3-4H2,1-2H3;1-3H3;3H2,1-2H3. The van der Waals surface area contributed by atoms with Crippen LogP contribution in [-0.2, 0) is 9.47 Å². The highest BCUT2D eigenvalue weighted by atomic mass is 16.5. The van der Waals surface area contributed by atoms with Crippen molar-refractivity contribution >= 4 is 0 Å². The van der Waals surface area contributed by atoms with E-state index in [0.29, 0.717) is 0 Å². The van der Waals surface area contributed by atoms with Gasteiger partial charge in [-0.15, -0.1) is 0 Å². The molecule has 6 rings (SSSR count). The summed E-state index contributed by atoms with van der Waals surface area (Å²) in [5.74, 6) is 4.87. The second-order valence-electron chi connectivity index (χ2n) is 16.5. The molecule has 3 aliphatic carbocycles. The molecule has 0 aromatic heterocycles. The van der Waals surface area contributed by atoms with Gasteiger partial charge in [0.2, 0.25) is 0 Å². The molecule has 3 saturated heterocycles. The maximum absolute atomic E-state index is 5.10. The van der Waals surface area contributed by atoms with Crippen molar-refractivity contribution in [2.45, 2.75) is 153 Å². The van der Waals surface area contributed by atoms with E-state index in [1.165, 1.54) is 90.1 Å². The first kappa shape index (κ1) is 55.5. The highest BCUT2D eigenvalue weighted by molar-refractivity contribution is 4.65. The molecule has 0 aromatic rings. The molecule has 49 heavy (non-hydrogen) atoms. The van der Waals surface area contributed by atoms with Crippen LogP contribution in [0.3, 0.4) is 0 Å². The molecule has 0 aromatic carbocycles. The van der Waals surface area contributed by atoms with Gasteiger partial charge in [-0.2, -0.15) is 0 Å². The third kappa shape index (κ3) is 66.6. The van der Waals surface area contributed by atoms with Crippen molar-refractivity contribution in [2.24, 2.45) is 29.6 Å². The van der Waals surface area contributed by atoms with E-state index in [0.717, 1.165) is 82.2 Å². The van der Waals surface area contributed by atoms with Crippen molar-refractivity contribution in [1.82, 2.24) is 20.0 Å². The maximum Gasteiger partial charge on any atom is 0.0594 e. The Morgan fingerprint density at radius 2 is 0.878 bits per heavy atom. The fourth-order valence-corrected chi connectivity index (χ4v) is 3.69. The molecule has 3 aliphatic heterocycles. The normalized spacial score (nSPS) is 20.2. The third-order valence-corrected chi connectivity index (χ3v) is 7.78. The molecule has 6 nitrogen and oxygen atoms in total. The van der Waals surface area contributed by atoms with Gasteiger partial charge in [-0.3, -0.25) is 0 Å². The summed E-state index contributed by atoms with van der Waals surface area (Å²) in [5.41, 5.74) is 0. The van der Waals surface area contributed by atoms with Gasteiger partial charge < -0.3 is 29.5 Å². The summed E-state index contributed by atoms with van der Waals surface area (Å²) in [6.45, 7) is 35.0. The molecule has 0 spiro atoms. The molecule has 0 bridgehead atoms. The molecular formula is C43H98N4O2. The zero-order valence-corrected chi connectivity index (χ0v) is 37.1. The van der Waals surface area contributed by atoms with E-state index >= 15 is 0 Å². The number of nitrogens with one attached hydrogen (secondary N) is 1. The van der Waals surface area contributed by atoms with Gasteiger partial charge in [-0.25, -0.2) is 0 Å². The number of nitrogens with zero attached hydrogens (tertiary/aromatic N) is 3. The number of hydrogen-bond donors (Lipinski definition) is 1. The number of rotatable bonds is 1. The van der Waals surface area contributed by atoms with E-state index in [-0.39, 0.29) is 0 Å². The summed E-state index contributed by atoms with van der Waals surface area (Å²) in [5, 5.41) is 3.27. The molecule has 0 atom stereocenters.